The smallest absolute Gasteiger partial charge is 0.251 e. The Morgan fingerprint density at radius 3 is 2.42 bits per heavy atom. The Labute approximate surface area is 141 Å². The molecule has 0 aliphatic rings. The second kappa shape index (κ2) is 8.24. The Kier molecular flexibility index (Phi) is 6.07. The molecule has 2 atom stereocenters. The van der Waals surface area contributed by atoms with E-state index in [1.807, 2.05) is 19.9 Å². The van der Waals surface area contributed by atoms with E-state index in [2.05, 4.69) is 10.6 Å². The van der Waals surface area contributed by atoms with Crippen molar-refractivity contribution in [2.75, 3.05) is 5.32 Å². The molecule has 0 radical (unpaired) electrons. The molecule has 0 saturated heterocycles. The van der Waals surface area contributed by atoms with E-state index in [-0.39, 0.29) is 17.7 Å². The van der Waals surface area contributed by atoms with E-state index in [0.29, 0.717) is 11.3 Å². The van der Waals surface area contributed by atoms with Crippen molar-refractivity contribution in [3.05, 3.63) is 66.0 Å². The van der Waals surface area contributed by atoms with Crippen molar-refractivity contribution in [3.63, 3.8) is 0 Å². The maximum Gasteiger partial charge on any atom is 0.251 e. The summed E-state index contributed by atoms with van der Waals surface area (Å²) in [6, 6.07) is 13.7. The molecule has 0 fully saturated rings. The Bertz CT molecular complexity index is 704. The van der Waals surface area contributed by atoms with Gasteiger partial charge in [-0.25, -0.2) is 4.39 Å². The quantitative estimate of drug-likeness (QED) is 0.851. The van der Waals surface area contributed by atoms with Crippen molar-refractivity contribution >= 4 is 17.5 Å². The second-order valence-electron chi connectivity index (χ2n) is 5.70. The van der Waals surface area contributed by atoms with Crippen LogP contribution in [0.2, 0.25) is 0 Å². The van der Waals surface area contributed by atoms with Gasteiger partial charge >= 0.3 is 0 Å². The Hall–Kier alpha value is -2.69. The first-order valence-corrected chi connectivity index (χ1v) is 7.93. The lowest BCUT2D eigenvalue weighted by molar-refractivity contribution is -0.119. The van der Waals surface area contributed by atoms with Crippen LogP contribution >= 0.6 is 0 Å². The molecular weight excluding hydrogens is 307 g/mol. The number of hydrogen-bond donors (Lipinski definition) is 2. The minimum Gasteiger partial charge on any atom is -0.340 e. The van der Waals surface area contributed by atoms with Crippen molar-refractivity contribution in [2.45, 2.75) is 26.3 Å². The van der Waals surface area contributed by atoms with Gasteiger partial charge in [0.15, 0.2) is 0 Å². The maximum absolute atomic E-state index is 13.3. The second-order valence-corrected chi connectivity index (χ2v) is 5.70. The summed E-state index contributed by atoms with van der Waals surface area (Å²) in [5.74, 6) is -1.16. The number of nitrogens with one attached hydrogen (secondary N) is 2. The minimum atomic E-state index is -0.703. The summed E-state index contributed by atoms with van der Waals surface area (Å²) < 4.78 is 13.3. The fourth-order valence-corrected chi connectivity index (χ4v) is 2.30. The molecule has 2 aromatic carbocycles. The number of amides is 2. The summed E-state index contributed by atoms with van der Waals surface area (Å²) in [7, 11) is 0. The third-order valence-electron chi connectivity index (χ3n) is 3.91. The van der Waals surface area contributed by atoms with Gasteiger partial charge in [0.2, 0.25) is 5.91 Å². The van der Waals surface area contributed by atoms with Gasteiger partial charge in [-0.2, -0.15) is 0 Å². The zero-order valence-corrected chi connectivity index (χ0v) is 13.8. The molecular formula is C19H21FN2O2. The molecule has 2 amide bonds. The molecule has 0 spiro atoms. The van der Waals surface area contributed by atoms with Crippen molar-refractivity contribution in [1.29, 1.82) is 0 Å². The van der Waals surface area contributed by atoms with E-state index in [0.717, 1.165) is 6.42 Å². The molecule has 0 aliphatic carbocycles. The number of carbonyl (C=O) groups excluding carboxylic acids is 2. The highest BCUT2D eigenvalue weighted by molar-refractivity contribution is 6.01. The first-order chi connectivity index (χ1) is 11.5. The number of rotatable bonds is 6. The van der Waals surface area contributed by atoms with Gasteiger partial charge in [-0.15, -0.1) is 0 Å². The summed E-state index contributed by atoms with van der Waals surface area (Å²) in [5.41, 5.74) is 0.853. The van der Waals surface area contributed by atoms with Gasteiger partial charge in [0.05, 0.1) is 0 Å². The molecule has 0 unspecified atom stereocenters. The van der Waals surface area contributed by atoms with E-state index in [1.54, 1.807) is 30.3 Å². The van der Waals surface area contributed by atoms with Crippen LogP contribution in [0, 0.1) is 11.7 Å². The Balaban J connectivity index is 2.12. The van der Waals surface area contributed by atoms with Gasteiger partial charge in [0.1, 0.15) is 11.9 Å². The Morgan fingerprint density at radius 1 is 1.08 bits per heavy atom. The largest absolute Gasteiger partial charge is 0.340 e. The van der Waals surface area contributed by atoms with E-state index in [9.17, 15) is 14.0 Å². The van der Waals surface area contributed by atoms with Crippen LogP contribution in [0.15, 0.2) is 54.6 Å². The lowest BCUT2D eigenvalue weighted by Gasteiger charge is -2.23. The summed E-state index contributed by atoms with van der Waals surface area (Å²) in [4.78, 5) is 24.9. The van der Waals surface area contributed by atoms with Gasteiger partial charge in [-0.05, 0) is 36.2 Å². The zero-order chi connectivity index (χ0) is 17.5. The van der Waals surface area contributed by atoms with Crippen LogP contribution < -0.4 is 10.6 Å². The van der Waals surface area contributed by atoms with Crippen LogP contribution in [0.25, 0.3) is 0 Å². The van der Waals surface area contributed by atoms with Crippen molar-refractivity contribution in [3.8, 4) is 0 Å². The van der Waals surface area contributed by atoms with Crippen LogP contribution in [0.3, 0.4) is 0 Å². The lowest BCUT2D eigenvalue weighted by atomic mass is 9.97. The van der Waals surface area contributed by atoms with Gasteiger partial charge in [0, 0.05) is 11.3 Å². The lowest BCUT2D eigenvalue weighted by Crippen LogP contribution is -2.47. The molecule has 0 aliphatic heterocycles. The number of carbonyl (C=O) groups is 2. The first kappa shape index (κ1) is 17.7. The van der Waals surface area contributed by atoms with E-state index < -0.39 is 11.9 Å². The first-order valence-electron chi connectivity index (χ1n) is 7.93. The average molecular weight is 328 g/mol. The molecule has 0 heterocycles. The number of anilines is 1. The van der Waals surface area contributed by atoms with E-state index in [1.165, 1.54) is 18.2 Å². The van der Waals surface area contributed by atoms with Gasteiger partial charge in [-0.3, -0.25) is 9.59 Å². The van der Waals surface area contributed by atoms with Crippen molar-refractivity contribution in [1.82, 2.24) is 5.32 Å². The molecule has 2 rings (SSSR count). The third-order valence-corrected chi connectivity index (χ3v) is 3.91. The van der Waals surface area contributed by atoms with Crippen LogP contribution in [-0.4, -0.2) is 17.9 Å². The SMILES string of the molecule is CC[C@H](C)[C@H](NC(=O)c1ccccc1)C(=O)Nc1cccc(F)c1. The fourth-order valence-electron chi connectivity index (χ4n) is 2.30. The summed E-state index contributed by atoms with van der Waals surface area (Å²) in [6.45, 7) is 3.84. The molecule has 126 valence electrons. The van der Waals surface area contributed by atoms with Crippen LogP contribution in [0.4, 0.5) is 10.1 Å². The van der Waals surface area contributed by atoms with E-state index in [4.69, 9.17) is 0 Å². The highest BCUT2D eigenvalue weighted by Crippen LogP contribution is 2.14. The third kappa shape index (κ3) is 4.65. The predicted molar refractivity (Wildman–Crippen MR) is 92.2 cm³/mol. The average Bonchev–Trinajstić information content (AvgIpc) is 2.59. The number of halogens is 1. The summed E-state index contributed by atoms with van der Waals surface area (Å²) in [5, 5.41) is 5.44. The molecule has 2 aromatic rings. The number of hydrogen-bond acceptors (Lipinski definition) is 2. The molecule has 0 bridgehead atoms. The van der Waals surface area contributed by atoms with Crippen LogP contribution in [-0.2, 0) is 4.79 Å². The molecule has 2 N–H and O–H groups in total. The molecule has 24 heavy (non-hydrogen) atoms. The van der Waals surface area contributed by atoms with Crippen LogP contribution in [0.1, 0.15) is 30.6 Å². The van der Waals surface area contributed by atoms with Gasteiger partial charge in [-0.1, -0.05) is 44.5 Å². The molecule has 0 aromatic heterocycles. The van der Waals surface area contributed by atoms with Gasteiger partial charge in [0.25, 0.3) is 5.91 Å². The molecule has 4 nitrogen and oxygen atoms in total. The zero-order valence-electron chi connectivity index (χ0n) is 13.8. The maximum atomic E-state index is 13.3. The topological polar surface area (TPSA) is 58.2 Å². The minimum absolute atomic E-state index is 0.0637. The normalized spacial score (nSPS) is 13.0. The fraction of sp³-hybridized carbons (Fsp3) is 0.263. The van der Waals surface area contributed by atoms with Crippen molar-refractivity contribution in [2.24, 2.45) is 5.92 Å². The highest BCUT2D eigenvalue weighted by atomic mass is 19.1. The predicted octanol–water partition coefficient (Wildman–Crippen LogP) is 3.61. The summed E-state index contributed by atoms with van der Waals surface area (Å²) in [6.07, 6.45) is 0.719. The highest BCUT2D eigenvalue weighted by Gasteiger charge is 2.26. The number of benzene rings is 2. The Morgan fingerprint density at radius 2 is 1.79 bits per heavy atom. The van der Waals surface area contributed by atoms with Crippen LogP contribution in [0.5, 0.6) is 0 Å². The molecule has 0 saturated carbocycles. The monoisotopic (exact) mass is 328 g/mol. The van der Waals surface area contributed by atoms with E-state index >= 15 is 0 Å². The summed E-state index contributed by atoms with van der Waals surface area (Å²) >= 11 is 0. The molecule has 5 heteroatoms. The standard InChI is InChI=1S/C19H21FN2O2/c1-3-13(2)17(22-18(23)14-8-5-4-6-9-14)19(24)21-16-11-7-10-15(20)12-16/h4-13,17H,3H2,1-2H3,(H,21,24)(H,22,23)/t13-,17-/m0/s1. The van der Waals surface area contributed by atoms with Crippen molar-refractivity contribution < 1.29 is 14.0 Å². The van der Waals surface area contributed by atoms with Gasteiger partial charge < -0.3 is 10.6 Å².